The second kappa shape index (κ2) is 5.84. The van der Waals surface area contributed by atoms with Crippen molar-refractivity contribution in [1.82, 2.24) is 4.90 Å². The molecule has 0 amide bonds. The molecule has 1 fully saturated rings. The molecule has 0 aromatic rings. The quantitative estimate of drug-likeness (QED) is 0.701. The summed E-state index contributed by atoms with van der Waals surface area (Å²) < 4.78 is 47.5. The minimum absolute atomic E-state index is 0.0483. The Bertz CT molecular complexity index is 207. The molecule has 0 saturated carbocycles. The molecular formula is C10H18F3NO2. The topological polar surface area (TPSA) is 21.7 Å². The molecule has 1 heterocycles. The molecule has 3 nitrogen and oxygen atoms in total. The summed E-state index contributed by atoms with van der Waals surface area (Å²) in [6, 6.07) is 0. The Balaban J connectivity index is 2.44. The molecular weight excluding hydrogens is 223 g/mol. The maximum atomic E-state index is 12.5. The Morgan fingerprint density at radius 1 is 1.31 bits per heavy atom. The Kier molecular flexibility index (Phi) is 5.01. The maximum absolute atomic E-state index is 12.5. The minimum Gasteiger partial charge on any atom is -0.355 e. The molecule has 1 unspecified atom stereocenters. The highest BCUT2D eigenvalue weighted by molar-refractivity contribution is 4.78. The van der Waals surface area contributed by atoms with Crippen LogP contribution in [0.3, 0.4) is 0 Å². The minimum atomic E-state index is -4.09. The van der Waals surface area contributed by atoms with Gasteiger partial charge in [0.1, 0.15) is 0 Å². The summed E-state index contributed by atoms with van der Waals surface area (Å²) in [6.07, 6.45) is -3.74. The molecule has 0 aromatic heterocycles. The van der Waals surface area contributed by atoms with Crippen LogP contribution >= 0.6 is 0 Å². The van der Waals surface area contributed by atoms with E-state index in [4.69, 9.17) is 9.47 Å². The lowest BCUT2D eigenvalue weighted by Crippen LogP contribution is -2.45. The van der Waals surface area contributed by atoms with E-state index in [0.717, 1.165) is 0 Å². The van der Waals surface area contributed by atoms with E-state index in [1.807, 2.05) is 0 Å². The van der Waals surface area contributed by atoms with E-state index < -0.39 is 18.4 Å². The van der Waals surface area contributed by atoms with Crippen molar-refractivity contribution in [1.29, 1.82) is 0 Å². The van der Waals surface area contributed by atoms with E-state index in [0.29, 0.717) is 19.5 Å². The van der Waals surface area contributed by atoms with E-state index in [9.17, 15) is 13.2 Å². The average molecular weight is 241 g/mol. The Morgan fingerprint density at radius 2 is 1.94 bits per heavy atom. The Labute approximate surface area is 93.5 Å². The first-order valence-electron chi connectivity index (χ1n) is 5.32. The predicted octanol–water partition coefficient (Wildman–Crippen LogP) is 1.88. The van der Waals surface area contributed by atoms with E-state index in [2.05, 4.69) is 0 Å². The molecule has 1 saturated heterocycles. The zero-order chi connectivity index (χ0) is 12.2. The zero-order valence-electron chi connectivity index (χ0n) is 9.59. The Hall–Kier alpha value is -0.330. The fourth-order valence-electron chi connectivity index (χ4n) is 1.94. The van der Waals surface area contributed by atoms with Gasteiger partial charge in [-0.05, 0) is 19.4 Å². The van der Waals surface area contributed by atoms with E-state index in [1.54, 1.807) is 4.90 Å². The molecule has 0 N–H and O–H groups in total. The van der Waals surface area contributed by atoms with Gasteiger partial charge >= 0.3 is 6.18 Å². The van der Waals surface area contributed by atoms with Crippen molar-refractivity contribution < 1.29 is 22.6 Å². The largest absolute Gasteiger partial charge is 0.393 e. The zero-order valence-corrected chi connectivity index (χ0v) is 9.59. The van der Waals surface area contributed by atoms with Crippen LogP contribution in [0.15, 0.2) is 0 Å². The summed E-state index contributed by atoms with van der Waals surface area (Å²) in [5.41, 5.74) is 0. The summed E-state index contributed by atoms with van der Waals surface area (Å²) >= 11 is 0. The highest BCUT2D eigenvalue weighted by Gasteiger charge is 2.41. The van der Waals surface area contributed by atoms with Crippen LogP contribution in [0.1, 0.15) is 12.8 Å². The number of likely N-dealkylation sites (tertiary alicyclic amines) is 1. The molecule has 96 valence electrons. The van der Waals surface area contributed by atoms with Gasteiger partial charge in [-0.1, -0.05) is 0 Å². The van der Waals surface area contributed by atoms with Crippen molar-refractivity contribution in [3.8, 4) is 0 Å². The number of piperidine rings is 1. The summed E-state index contributed by atoms with van der Waals surface area (Å²) in [5, 5.41) is 0. The molecule has 1 atom stereocenters. The van der Waals surface area contributed by atoms with Gasteiger partial charge in [-0.15, -0.1) is 0 Å². The van der Waals surface area contributed by atoms with Gasteiger partial charge in [0.2, 0.25) is 0 Å². The van der Waals surface area contributed by atoms with Gasteiger partial charge in [-0.25, -0.2) is 0 Å². The van der Waals surface area contributed by atoms with Crippen LogP contribution < -0.4 is 0 Å². The molecule has 0 spiro atoms. The van der Waals surface area contributed by atoms with Crippen molar-refractivity contribution in [2.75, 3.05) is 33.9 Å². The highest BCUT2D eigenvalue weighted by atomic mass is 19.4. The van der Waals surface area contributed by atoms with Gasteiger partial charge in [0.25, 0.3) is 0 Å². The lowest BCUT2D eigenvalue weighted by atomic mass is 9.97. The fraction of sp³-hybridized carbons (Fsp3) is 1.00. The first-order chi connectivity index (χ1) is 7.47. The van der Waals surface area contributed by atoms with Crippen molar-refractivity contribution >= 4 is 0 Å². The van der Waals surface area contributed by atoms with E-state index >= 15 is 0 Å². The second-order valence-electron chi connectivity index (χ2n) is 4.04. The first-order valence-corrected chi connectivity index (χ1v) is 5.32. The van der Waals surface area contributed by atoms with E-state index in [-0.39, 0.29) is 13.0 Å². The summed E-state index contributed by atoms with van der Waals surface area (Å²) in [5.74, 6) is -1.21. The average Bonchev–Trinajstić information content (AvgIpc) is 2.25. The third kappa shape index (κ3) is 3.92. The van der Waals surface area contributed by atoms with Gasteiger partial charge in [-0.3, -0.25) is 4.90 Å². The standard InChI is InChI=1S/C10H18F3NO2/c1-15-9(16-2)7-14-5-3-4-8(6-14)10(11,12)13/h8-9H,3-7H2,1-2H3. The van der Waals surface area contributed by atoms with Crippen molar-refractivity contribution in [2.24, 2.45) is 5.92 Å². The van der Waals surface area contributed by atoms with Crippen LogP contribution in [0, 0.1) is 5.92 Å². The van der Waals surface area contributed by atoms with Crippen LogP contribution in [0.25, 0.3) is 0 Å². The number of hydrogen-bond donors (Lipinski definition) is 0. The number of rotatable bonds is 4. The first kappa shape index (κ1) is 13.7. The SMILES string of the molecule is COC(CN1CCCC(C(F)(F)F)C1)OC. The predicted molar refractivity (Wildman–Crippen MR) is 53.0 cm³/mol. The van der Waals surface area contributed by atoms with Crippen molar-refractivity contribution in [2.45, 2.75) is 25.3 Å². The van der Waals surface area contributed by atoms with Crippen LogP contribution in [0.2, 0.25) is 0 Å². The van der Waals surface area contributed by atoms with Crippen molar-refractivity contribution in [3.05, 3.63) is 0 Å². The lowest BCUT2D eigenvalue weighted by Gasteiger charge is -2.34. The molecule has 16 heavy (non-hydrogen) atoms. The van der Waals surface area contributed by atoms with Crippen molar-refractivity contribution in [3.63, 3.8) is 0 Å². The number of methoxy groups -OCH3 is 2. The molecule has 1 aliphatic heterocycles. The van der Waals surface area contributed by atoms with Crippen LogP contribution in [-0.4, -0.2) is 51.2 Å². The van der Waals surface area contributed by atoms with Gasteiger partial charge in [0.05, 0.1) is 5.92 Å². The molecule has 0 bridgehead atoms. The molecule has 0 aromatic carbocycles. The summed E-state index contributed by atoms with van der Waals surface area (Å²) in [4.78, 5) is 1.75. The molecule has 1 aliphatic rings. The summed E-state index contributed by atoms with van der Waals surface area (Å²) in [6.45, 7) is 1.11. The van der Waals surface area contributed by atoms with E-state index in [1.165, 1.54) is 14.2 Å². The smallest absolute Gasteiger partial charge is 0.355 e. The third-order valence-electron chi connectivity index (χ3n) is 2.90. The molecule has 0 aliphatic carbocycles. The number of hydrogen-bond acceptors (Lipinski definition) is 3. The van der Waals surface area contributed by atoms with Gasteiger partial charge in [0, 0.05) is 27.3 Å². The van der Waals surface area contributed by atoms with Crippen LogP contribution in [0.5, 0.6) is 0 Å². The van der Waals surface area contributed by atoms with Gasteiger partial charge in [-0.2, -0.15) is 13.2 Å². The lowest BCUT2D eigenvalue weighted by molar-refractivity contribution is -0.192. The summed E-state index contributed by atoms with van der Waals surface area (Å²) in [7, 11) is 2.97. The number of halogens is 3. The molecule has 0 radical (unpaired) electrons. The number of ether oxygens (including phenoxy) is 2. The van der Waals surface area contributed by atoms with Gasteiger partial charge in [0.15, 0.2) is 6.29 Å². The van der Waals surface area contributed by atoms with Crippen LogP contribution in [0.4, 0.5) is 13.2 Å². The molecule has 1 rings (SSSR count). The fourth-order valence-corrected chi connectivity index (χ4v) is 1.94. The third-order valence-corrected chi connectivity index (χ3v) is 2.90. The van der Waals surface area contributed by atoms with Gasteiger partial charge < -0.3 is 9.47 Å². The normalized spacial score (nSPS) is 24.0. The van der Waals surface area contributed by atoms with Crippen LogP contribution in [-0.2, 0) is 9.47 Å². The maximum Gasteiger partial charge on any atom is 0.393 e. The monoisotopic (exact) mass is 241 g/mol. The number of alkyl halides is 3. The highest BCUT2D eigenvalue weighted by Crippen LogP contribution is 2.33. The second-order valence-corrected chi connectivity index (χ2v) is 4.04. The number of nitrogens with zero attached hydrogens (tertiary/aromatic N) is 1. The molecule has 6 heteroatoms. The Morgan fingerprint density at radius 3 is 2.44 bits per heavy atom.